The lowest BCUT2D eigenvalue weighted by atomic mass is 10.3. The monoisotopic (exact) mass is 299 g/mol. The quantitative estimate of drug-likeness (QED) is 0.363. The van der Waals surface area contributed by atoms with Crippen molar-refractivity contribution >= 4 is 17.6 Å². The Bertz CT molecular complexity index is 424. The molecule has 1 N–H and O–H groups in total. The molecule has 0 aliphatic heterocycles. The average Bonchev–Trinajstić information content (AvgIpc) is 2.39. The minimum atomic E-state index is -1.14. The third-order valence-electron chi connectivity index (χ3n) is 2.62. The van der Waals surface area contributed by atoms with E-state index < -0.39 is 11.2 Å². The Balaban J connectivity index is 2.67. The zero-order valence-electron chi connectivity index (χ0n) is 12.4. The molecule has 1 rings (SSSR count). The van der Waals surface area contributed by atoms with E-state index in [2.05, 4.69) is 5.32 Å². The molecule has 0 bridgehead atoms. The lowest BCUT2D eigenvalue weighted by Gasteiger charge is -2.30. The van der Waals surface area contributed by atoms with Crippen LogP contribution in [0, 0.1) is 0 Å². The van der Waals surface area contributed by atoms with Crippen LogP contribution in [0.1, 0.15) is 34.1 Å². The van der Waals surface area contributed by atoms with Gasteiger partial charge in [0.05, 0.1) is 6.10 Å². The molecule has 0 saturated heterocycles. The van der Waals surface area contributed by atoms with Gasteiger partial charge in [-0.05, 0) is 32.9 Å². The summed E-state index contributed by atoms with van der Waals surface area (Å²) >= 11 is 6.39. The fraction of sp³-hybridized carbons (Fsp3) is 0.533. The normalized spacial score (nSPS) is 15.5. The third-order valence-corrected chi connectivity index (χ3v) is 3.07. The SMILES string of the molecule is CCC(Cl)(N[C@@H](C)C(=O)OC(C)C)Oc1ccccc1. The second-order valence-corrected chi connectivity index (χ2v) is 5.46. The minimum Gasteiger partial charge on any atom is -0.462 e. The topological polar surface area (TPSA) is 47.6 Å². The second-order valence-electron chi connectivity index (χ2n) is 4.85. The van der Waals surface area contributed by atoms with Crippen molar-refractivity contribution in [3.8, 4) is 5.75 Å². The Morgan fingerprint density at radius 3 is 2.40 bits per heavy atom. The number of carbonyl (C=O) groups excluding carboxylic acids is 1. The van der Waals surface area contributed by atoms with Crippen molar-refractivity contribution in [1.82, 2.24) is 5.32 Å². The highest BCUT2D eigenvalue weighted by molar-refractivity contribution is 6.22. The molecular weight excluding hydrogens is 278 g/mol. The lowest BCUT2D eigenvalue weighted by Crippen LogP contribution is -2.52. The molecule has 112 valence electrons. The Kier molecular flexibility index (Phi) is 6.30. The first-order valence-corrected chi connectivity index (χ1v) is 7.15. The van der Waals surface area contributed by atoms with E-state index in [1.165, 1.54) is 0 Å². The summed E-state index contributed by atoms with van der Waals surface area (Å²) in [6.45, 7) is 7.19. The second kappa shape index (κ2) is 7.50. The Hall–Kier alpha value is -1.26. The van der Waals surface area contributed by atoms with E-state index in [1.807, 2.05) is 37.3 Å². The van der Waals surface area contributed by atoms with Gasteiger partial charge in [-0.25, -0.2) is 0 Å². The summed E-state index contributed by atoms with van der Waals surface area (Å²) in [5.41, 5.74) is 0. The average molecular weight is 300 g/mol. The maximum absolute atomic E-state index is 11.8. The van der Waals surface area contributed by atoms with Crippen LogP contribution in [0.5, 0.6) is 5.75 Å². The van der Waals surface area contributed by atoms with Gasteiger partial charge in [-0.1, -0.05) is 36.7 Å². The van der Waals surface area contributed by atoms with Crippen LogP contribution >= 0.6 is 11.6 Å². The molecule has 0 aliphatic carbocycles. The summed E-state index contributed by atoms with van der Waals surface area (Å²) in [5, 5.41) is 1.82. The van der Waals surface area contributed by atoms with Gasteiger partial charge in [-0.2, -0.15) is 0 Å². The van der Waals surface area contributed by atoms with Crippen molar-refractivity contribution in [2.24, 2.45) is 0 Å². The molecule has 0 heterocycles. The molecule has 20 heavy (non-hydrogen) atoms. The summed E-state index contributed by atoms with van der Waals surface area (Å²) < 4.78 is 10.9. The molecule has 0 amide bonds. The van der Waals surface area contributed by atoms with Crippen molar-refractivity contribution in [3.05, 3.63) is 30.3 Å². The van der Waals surface area contributed by atoms with E-state index in [-0.39, 0.29) is 12.1 Å². The van der Waals surface area contributed by atoms with Crippen molar-refractivity contribution in [1.29, 1.82) is 0 Å². The number of hydrogen-bond acceptors (Lipinski definition) is 4. The van der Waals surface area contributed by atoms with Gasteiger partial charge in [0, 0.05) is 6.42 Å². The van der Waals surface area contributed by atoms with Crippen LogP contribution in [0.3, 0.4) is 0 Å². The molecule has 1 unspecified atom stereocenters. The number of ether oxygens (including phenoxy) is 2. The molecule has 0 aliphatic rings. The zero-order valence-corrected chi connectivity index (χ0v) is 13.1. The van der Waals surface area contributed by atoms with Crippen molar-refractivity contribution in [2.45, 2.75) is 51.4 Å². The summed E-state index contributed by atoms with van der Waals surface area (Å²) in [4.78, 5) is 11.8. The van der Waals surface area contributed by atoms with Gasteiger partial charge in [0.15, 0.2) is 0 Å². The molecule has 0 saturated carbocycles. The van der Waals surface area contributed by atoms with Gasteiger partial charge in [-0.15, -0.1) is 0 Å². The third kappa shape index (κ3) is 5.39. The number of hydrogen-bond donors (Lipinski definition) is 1. The fourth-order valence-corrected chi connectivity index (χ4v) is 1.85. The fourth-order valence-electron chi connectivity index (χ4n) is 1.60. The van der Waals surface area contributed by atoms with Crippen molar-refractivity contribution in [2.75, 3.05) is 0 Å². The van der Waals surface area contributed by atoms with Gasteiger partial charge in [0.1, 0.15) is 11.8 Å². The standard InChI is InChI=1S/C15H22ClNO3/c1-5-15(16,20-13-9-7-6-8-10-13)17-12(4)14(18)19-11(2)3/h6-12,17H,5H2,1-4H3/t12-,15?/m0/s1. The molecule has 1 aromatic carbocycles. The summed E-state index contributed by atoms with van der Waals surface area (Å²) in [5.74, 6) is 0.288. The lowest BCUT2D eigenvalue weighted by molar-refractivity contribution is -0.150. The summed E-state index contributed by atoms with van der Waals surface area (Å²) in [6, 6.07) is 8.68. The highest BCUT2D eigenvalue weighted by Gasteiger charge is 2.32. The zero-order chi connectivity index (χ0) is 15.2. The highest BCUT2D eigenvalue weighted by atomic mass is 35.5. The molecule has 0 fully saturated rings. The first-order valence-electron chi connectivity index (χ1n) is 6.77. The Morgan fingerprint density at radius 1 is 1.30 bits per heavy atom. The Morgan fingerprint density at radius 2 is 1.90 bits per heavy atom. The number of para-hydroxylation sites is 1. The first kappa shape index (κ1) is 16.8. The molecule has 2 atom stereocenters. The van der Waals surface area contributed by atoms with E-state index in [0.29, 0.717) is 12.2 Å². The van der Waals surface area contributed by atoms with Gasteiger partial charge >= 0.3 is 5.97 Å². The van der Waals surface area contributed by atoms with Gasteiger partial charge in [0.2, 0.25) is 5.18 Å². The van der Waals surface area contributed by atoms with Crippen LogP contribution in [-0.4, -0.2) is 23.3 Å². The highest BCUT2D eigenvalue weighted by Crippen LogP contribution is 2.23. The molecular formula is C15H22ClNO3. The number of nitrogens with one attached hydrogen (secondary N) is 1. The number of benzene rings is 1. The summed E-state index contributed by atoms with van der Waals surface area (Å²) in [6.07, 6.45) is 0.330. The van der Waals surface area contributed by atoms with Crippen LogP contribution in [0.4, 0.5) is 0 Å². The predicted octanol–water partition coefficient (Wildman–Crippen LogP) is 3.30. The van der Waals surface area contributed by atoms with Gasteiger partial charge in [-0.3, -0.25) is 10.1 Å². The predicted molar refractivity (Wildman–Crippen MR) is 79.8 cm³/mol. The minimum absolute atomic E-state index is 0.159. The van der Waals surface area contributed by atoms with Crippen LogP contribution in [-0.2, 0) is 9.53 Å². The number of rotatable bonds is 7. The molecule has 1 aromatic rings. The number of alkyl halides is 1. The molecule has 0 radical (unpaired) electrons. The first-order chi connectivity index (χ1) is 9.36. The van der Waals surface area contributed by atoms with Gasteiger partial charge < -0.3 is 9.47 Å². The van der Waals surface area contributed by atoms with Crippen LogP contribution in [0.2, 0.25) is 0 Å². The van der Waals surface area contributed by atoms with E-state index in [0.717, 1.165) is 0 Å². The summed E-state index contributed by atoms with van der Waals surface area (Å²) in [7, 11) is 0. The van der Waals surface area contributed by atoms with Crippen LogP contribution in [0.15, 0.2) is 30.3 Å². The smallest absolute Gasteiger partial charge is 0.323 e. The molecule has 5 heteroatoms. The van der Waals surface area contributed by atoms with Crippen LogP contribution < -0.4 is 10.1 Å². The Labute approximate surface area is 125 Å². The maximum atomic E-state index is 11.8. The van der Waals surface area contributed by atoms with E-state index in [4.69, 9.17) is 21.1 Å². The van der Waals surface area contributed by atoms with Crippen molar-refractivity contribution in [3.63, 3.8) is 0 Å². The number of esters is 1. The molecule has 4 nitrogen and oxygen atoms in total. The number of carbonyl (C=O) groups is 1. The van der Waals surface area contributed by atoms with E-state index >= 15 is 0 Å². The largest absolute Gasteiger partial charge is 0.462 e. The van der Waals surface area contributed by atoms with E-state index in [9.17, 15) is 4.79 Å². The van der Waals surface area contributed by atoms with Crippen molar-refractivity contribution < 1.29 is 14.3 Å². The maximum Gasteiger partial charge on any atom is 0.323 e. The van der Waals surface area contributed by atoms with E-state index in [1.54, 1.807) is 20.8 Å². The van der Waals surface area contributed by atoms with Gasteiger partial charge in [0.25, 0.3) is 0 Å². The van der Waals surface area contributed by atoms with Crippen LogP contribution in [0.25, 0.3) is 0 Å². The number of halogens is 1. The molecule has 0 aromatic heterocycles. The molecule has 0 spiro atoms.